The van der Waals surface area contributed by atoms with Gasteiger partial charge in [-0.1, -0.05) is 36.4 Å². The number of hydroxylamine groups is 2. The number of nitrogens with one attached hydrogen (secondary N) is 1. The minimum Gasteiger partial charge on any atom is -0.376 e. The molecule has 0 saturated carbocycles. The molecule has 0 atom stereocenters. The van der Waals surface area contributed by atoms with Crippen LogP contribution in [0.15, 0.2) is 77.1 Å². The summed E-state index contributed by atoms with van der Waals surface area (Å²) in [5, 5.41) is 10.5. The SMILES string of the molecule is CC1=CC2=NC(=O)/C(=C/c3cn(Cc4ccccc4F)c4ccccc34)C(=N)N2O1. The first-order chi connectivity index (χ1) is 14.5. The van der Waals surface area contributed by atoms with E-state index in [0.29, 0.717) is 23.7 Å². The Morgan fingerprint density at radius 3 is 2.77 bits per heavy atom. The Balaban J connectivity index is 1.58. The van der Waals surface area contributed by atoms with Crippen molar-refractivity contribution in [1.29, 1.82) is 5.41 Å². The molecule has 30 heavy (non-hydrogen) atoms. The molecule has 2 aliphatic heterocycles. The van der Waals surface area contributed by atoms with E-state index in [0.717, 1.165) is 16.5 Å². The lowest BCUT2D eigenvalue weighted by atomic mass is 10.1. The fraction of sp³-hybridized carbons (Fsp3) is 0.0870. The summed E-state index contributed by atoms with van der Waals surface area (Å²) < 4.78 is 16.1. The Morgan fingerprint density at radius 2 is 1.93 bits per heavy atom. The summed E-state index contributed by atoms with van der Waals surface area (Å²) in [6.45, 7) is 2.08. The van der Waals surface area contributed by atoms with E-state index in [1.807, 2.05) is 35.0 Å². The number of allylic oxidation sites excluding steroid dienone is 1. The van der Waals surface area contributed by atoms with Gasteiger partial charge >= 0.3 is 0 Å². The molecule has 6 nitrogen and oxygen atoms in total. The van der Waals surface area contributed by atoms with Crippen LogP contribution < -0.4 is 0 Å². The Hall–Kier alpha value is -4.00. The molecule has 0 fully saturated rings. The zero-order valence-corrected chi connectivity index (χ0v) is 16.1. The van der Waals surface area contributed by atoms with Gasteiger partial charge in [-0.15, -0.1) is 5.06 Å². The summed E-state index contributed by atoms with van der Waals surface area (Å²) in [6, 6.07) is 14.3. The number of fused-ring (bicyclic) bond motifs is 2. The second kappa shape index (κ2) is 6.81. The third kappa shape index (κ3) is 2.91. The molecular weight excluding hydrogens is 383 g/mol. The van der Waals surface area contributed by atoms with E-state index in [9.17, 15) is 9.18 Å². The van der Waals surface area contributed by atoms with Crippen LogP contribution in [0.1, 0.15) is 18.1 Å². The maximum atomic E-state index is 14.2. The van der Waals surface area contributed by atoms with Crippen molar-refractivity contribution < 1.29 is 14.0 Å². The molecule has 0 bridgehead atoms. The number of amidine groups is 2. The second-order valence-electron chi connectivity index (χ2n) is 7.14. The lowest BCUT2D eigenvalue weighted by Crippen LogP contribution is -2.38. The third-order valence-corrected chi connectivity index (χ3v) is 5.10. The Bertz CT molecular complexity index is 1320. The Kier molecular flexibility index (Phi) is 4.10. The normalized spacial score (nSPS) is 17.3. The molecule has 3 heterocycles. The van der Waals surface area contributed by atoms with Crippen LogP contribution in [-0.2, 0) is 16.2 Å². The Morgan fingerprint density at radius 1 is 1.17 bits per heavy atom. The molecule has 7 heteroatoms. The van der Waals surface area contributed by atoms with Gasteiger partial charge in [-0.25, -0.2) is 4.39 Å². The molecule has 5 rings (SSSR count). The standard InChI is InChI=1S/C23H17FN4O2/c1-14-10-21-26-23(29)18(22(25)28(21)30-14)11-16-13-27(20-9-5-3-7-17(16)20)12-15-6-2-4-8-19(15)24/h2-11,13,25H,12H2,1H3/b18-11+,25-22?. The summed E-state index contributed by atoms with van der Waals surface area (Å²) >= 11 is 0. The van der Waals surface area contributed by atoms with Crippen LogP contribution in [0.2, 0.25) is 0 Å². The van der Waals surface area contributed by atoms with Crippen LogP contribution in [0.25, 0.3) is 17.0 Å². The number of hydrogen-bond donors (Lipinski definition) is 1. The fourth-order valence-corrected chi connectivity index (χ4v) is 3.69. The number of amides is 1. The van der Waals surface area contributed by atoms with Crippen LogP contribution in [0.3, 0.4) is 0 Å². The molecule has 0 unspecified atom stereocenters. The predicted octanol–water partition coefficient (Wildman–Crippen LogP) is 4.28. The smallest absolute Gasteiger partial charge is 0.282 e. The van der Waals surface area contributed by atoms with Gasteiger partial charge in [-0.2, -0.15) is 4.99 Å². The van der Waals surface area contributed by atoms with Crippen molar-refractivity contribution in [3.05, 3.63) is 89.1 Å². The highest BCUT2D eigenvalue weighted by atomic mass is 19.1. The van der Waals surface area contributed by atoms with E-state index < -0.39 is 5.91 Å². The van der Waals surface area contributed by atoms with Crippen molar-refractivity contribution in [1.82, 2.24) is 9.63 Å². The number of para-hydroxylation sites is 1. The molecule has 1 N–H and O–H groups in total. The van der Waals surface area contributed by atoms with Crippen molar-refractivity contribution in [2.24, 2.45) is 4.99 Å². The number of aliphatic imine (C=N–C) groups is 1. The second-order valence-corrected chi connectivity index (χ2v) is 7.14. The lowest BCUT2D eigenvalue weighted by molar-refractivity contribution is -0.114. The van der Waals surface area contributed by atoms with E-state index in [2.05, 4.69) is 4.99 Å². The monoisotopic (exact) mass is 400 g/mol. The van der Waals surface area contributed by atoms with Gasteiger partial charge in [-0.3, -0.25) is 10.2 Å². The summed E-state index contributed by atoms with van der Waals surface area (Å²) in [5.74, 6) is 0.0433. The van der Waals surface area contributed by atoms with Crippen molar-refractivity contribution in [3.8, 4) is 0 Å². The van der Waals surface area contributed by atoms with Crippen LogP contribution in [-0.4, -0.2) is 27.2 Å². The summed E-state index contributed by atoms with van der Waals surface area (Å²) in [4.78, 5) is 22.1. The molecule has 2 aliphatic rings. The zero-order chi connectivity index (χ0) is 20.8. The number of hydrogen-bond acceptors (Lipinski definition) is 3. The maximum Gasteiger partial charge on any atom is 0.282 e. The van der Waals surface area contributed by atoms with Gasteiger partial charge in [0.25, 0.3) is 5.91 Å². The molecule has 0 aliphatic carbocycles. The van der Waals surface area contributed by atoms with Gasteiger partial charge in [0, 0.05) is 34.3 Å². The first-order valence-electron chi connectivity index (χ1n) is 9.42. The van der Waals surface area contributed by atoms with Crippen molar-refractivity contribution in [2.45, 2.75) is 13.5 Å². The molecule has 0 radical (unpaired) electrons. The third-order valence-electron chi connectivity index (χ3n) is 5.10. The zero-order valence-electron chi connectivity index (χ0n) is 16.1. The number of benzene rings is 2. The molecule has 0 saturated heterocycles. The average Bonchev–Trinajstić information content (AvgIpc) is 3.27. The van der Waals surface area contributed by atoms with Gasteiger partial charge in [0.05, 0.1) is 12.1 Å². The van der Waals surface area contributed by atoms with Crippen LogP contribution in [0.5, 0.6) is 0 Å². The van der Waals surface area contributed by atoms with Crippen molar-refractivity contribution in [3.63, 3.8) is 0 Å². The van der Waals surface area contributed by atoms with Gasteiger partial charge < -0.3 is 9.40 Å². The number of carbonyl (C=O) groups is 1. The van der Waals surface area contributed by atoms with E-state index in [4.69, 9.17) is 10.2 Å². The molecule has 3 aromatic rings. The molecular formula is C23H17FN4O2. The van der Waals surface area contributed by atoms with Crippen molar-refractivity contribution >= 4 is 34.6 Å². The average molecular weight is 400 g/mol. The summed E-state index contributed by atoms with van der Waals surface area (Å²) in [5.41, 5.74) is 2.36. The minimum absolute atomic E-state index is 0.0657. The molecule has 0 spiro atoms. The number of carbonyl (C=O) groups excluding carboxylic acids is 1. The van der Waals surface area contributed by atoms with Gasteiger partial charge in [0.15, 0.2) is 11.7 Å². The van der Waals surface area contributed by atoms with Crippen LogP contribution >= 0.6 is 0 Å². The van der Waals surface area contributed by atoms with Crippen LogP contribution in [0.4, 0.5) is 4.39 Å². The molecule has 148 valence electrons. The van der Waals surface area contributed by atoms with E-state index in [1.165, 1.54) is 11.1 Å². The largest absolute Gasteiger partial charge is 0.376 e. The van der Waals surface area contributed by atoms with E-state index >= 15 is 0 Å². The number of nitrogens with zero attached hydrogens (tertiary/aromatic N) is 3. The highest BCUT2D eigenvalue weighted by Gasteiger charge is 2.34. The molecule has 1 aromatic heterocycles. The highest BCUT2D eigenvalue weighted by Crippen LogP contribution is 2.28. The number of rotatable bonds is 3. The first kappa shape index (κ1) is 18.1. The quantitative estimate of drug-likeness (QED) is 0.667. The van der Waals surface area contributed by atoms with E-state index in [-0.39, 0.29) is 17.2 Å². The molecule has 2 aromatic carbocycles. The summed E-state index contributed by atoms with van der Waals surface area (Å²) in [6.07, 6.45) is 5.11. The highest BCUT2D eigenvalue weighted by molar-refractivity contribution is 6.32. The minimum atomic E-state index is -0.494. The number of aromatic nitrogens is 1. The van der Waals surface area contributed by atoms with Gasteiger partial charge in [-0.05, 0) is 25.1 Å². The van der Waals surface area contributed by atoms with Crippen LogP contribution in [0, 0.1) is 11.2 Å². The predicted molar refractivity (Wildman–Crippen MR) is 112 cm³/mol. The van der Waals surface area contributed by atoms with E-state index in [1.54, 1.807) is 37.3 Å². The maximum absolute atomic E-state index is 14.2. The van der Waals surface area contributed by atoms with Gasteiger partial charge in [0.1, 0.15) is 11.6 Å². The Labute approximate surface area is 171 Å². The fourth-order valence-electron chi connectivity index (χ4n) is 3.69. The number of halogens is 1. The van der Waals surface area contributed by atoms with Crippen molar-refractivity contribution in [2.75, 3.05) is 0 Å². The first-order valence-corrected chi connectivity index (χ1v) is 9.42. The lowest BCUT2D eigenvalue weighted by Gasteiger charge is -2.22. The topological polar surface area (TPSA) is 70.7 Å². The molecule has 1 amide bonds. The van der Waals surface area contributed by atoms with Gasteiger partial charge in [0.2, 0.25) is 0 Å². The summed E-state index contributed by atoms with van der Waals surface area (Å²) in [7, 11) is 0.